The molecular weight excluding hydrogens is 480 g/mol. The van der Waals surface area contributed by atoms with Gasteiger partial charge in [-0.1, -0.05) is 42.5 Å². The van der Waals surface area contributed by atoms with Crippen molar-refractivity contribution in [3.8, 4) is 23.0 Å². The van der Waals surface area contributed by atoms with E-state index in [4.69, 9.17) is 18.9 Å². The number of anilines is 1. The molecule has 0 unspecified atom stereocenters. The van der Waals surface area contributed by atoms with Crippen molar-refractivity contribution in [3.05, 3.63) is 89.5 Å². The van der Waals surface area contributed by atoms with Crippen molar-refractivity contribution in [1.82, 2.24) is 4.90 Å². The van der Waals surface area contributed by atoms with Crippen LogP contribution >= 0.6 is 0 Å². The lowest BCUT2D eigenvalue weighted by Crippen LogP contribution is -2.43. The predicted molar refractivity (Wildman–Crippen MR) is 149 cm³/mol. The van der Waals surface area contributed by atoms with E-state index in [2.05, 4.69) is 5.32 Å². The number of nitrogens with one attached hydrogen (secondary N) is 1. The summed E-state index contributed by atoms with van der Waals surface area (Å²) in [5.74, 6) is 2.64. The summed E-state index contributed by atoms with van der Waals surface area (Å²) in [7, 11) is 6.51. The number of urea groups is 1. The Morgan fingerprint density at radius 1 is 0.816 bits per heavy atom. The lowest BCUT2D eigenvalue weighted by molar-refractivity contribution is 0.181. The van der Waals surface area contributed by atoms with Crippen LogP contribution in [0.25, 0.3) is 10.8 Å². The van der Waals surface area contributed by atoms with Crippen LogP contribution in [-0.2, 0) is 12.8 Å². The highest BCUT2D eigenvalue weighted by molar-refractivity contribution is 6.01. The highest BCUT2D eigenvalue weighted by Gasteiger charge is 2.33. The zero-order valence-electron chi connectivity index (χ0n) is 22.1. The fraction of sp³-hybridized carbons (Fsp3) is 0.258. The van der Waals surface area contributed by atoms with Crippen molar-refractivity contribution >= 4 is 22.5 Å². The smallest absolute Gasteiger partial charge is 0.322 e. The summed E-state index contributed by atoms with van der Waals surface area (Å²) in [4.78, 5) is 15.7. The third-order valence-corrected chi connectivity index (χ3v) is 7.17. The first-order chi connectivity index (χ1) is 18.6. The molecule has 0 saturated carbocycles. The molecule has 0 saturated heterocycles. The van der Waals surface area contributed by atoms with Crippen LogP contribution in [0.15, 0.2) is 72.8 Å². The minimum atomic E-state index is -0.230. The SMILES string of the molecule is COc1ccc(C[C@@H]2c3cc(OC)c(OC)cc3CCN2C(=O)Nc2cccc3ccccc23)cc1OC. The molecule has 1 N–H and O–H groups in total. The van der Waals surface area contributed by atoms with Crippen LogP contribution in [0.3, 0.4) is 0 Å². The van der Waals surface area contributed by atoms with E-state index >= 15 is 0 Å². The second kappa shape index (κ2) is 10.9. The maximum absolute atomic E-state index is 13.8. The maximum Gasteiger partial charge on any atom is 0.322 e. The van der Waals surface area contributed by atoms with E-state index in [1.165, 1.54) is 0 Å². The third-order valence-electron chi connectivity index (χ3n) is 7.17. The van der Waals surface area contributed by atoms with E-state index in [9.17, 15) is 4.79 Å². The lowest BCUT2D eigenvalue weighted by Gasteiger charge is -2.38. The van der Waals surface area contributed by atoms with E-state index in [0.717, 1.165) is 33.2 Å². The van der Waals surface area contributed by atoms with Crippen molar-refractivity contribution in [2.75, 3.05) is 40.3 Å². The van der Waals surface area contributed by atoms with Gasteiger partial charge in [-0.05, 0) is 65.3 Å². The number of rotatable bonds is 7. The molecule has 7 heteroatoms. The van der Waals surface area contributed by atoms with Gasteiger partial charge in [0.15, 0.2) is 23.0 Å². The molecule has 1 heterocycles. The molecular formula is C31H32N2O5. The van der Waals surface area contributed by atoms with Crippen molar-refractivity contribution in [1.29, 1.82) is 0 Å². The number of amides is 2. The first-order valence-electron chi connectivity index (χ1n) is 12.6. The quantitative estimate of drug-likeness (QED) is 0.317. The molecule has 1 aliphatic heterocycles. The Balaban J connectivity index is 1.53. The van der Waals surface area contributed by atoms with Gasteiger partial charge in [0.1, 0.15) is 0 Å². The second-order valence-corrected chi connectivity index (χ2v) is 9.22. The van der Waals surface area contributed by atoms with Gasteiger partial charge < -0.3 is 29.2 Å². The van der Waals surface area contributed by atoms with Crippen LogP contribution in [0.4, 0.5) is 10.5 Å². The Morgan fingerprint density at radius 2 is 1.50 bits per heavy atom. The molecule has 0 radical (unpaired) electrons. The number of methoxy groups -OCH3 is 4. The largest absolute Gasteiger partial charge is 0.493 e. The molecule has 7 nitrogen and oxygen atoms in total. The van der Waals surface area contributed by atoms with Crippen LogP contribution < -0.4 is 24.3 Å². The van der Waals surface area contributed by atoms with E-state index in [-0.39, 0.29) is 12.1 Å². The van der Waals surface area contributed by atoms with Gasteiger partial charge in [-0.2, -0.15) is 0 Å². The number of benzene rings is 4. The van der Waals surface area contributed by atoms with Crippen molar-refractivity contribution in [2.45, 2.75) is 18.9 Å². The molecule has 0 fully saturated rings. The number of nitrogens with zero attached hydrogens (tertiary/aromatic N) is 1. The fourth-order valence-corrected chi connectivity index (χ4v) is 5.24. The molecule has 38 heavy (non-hydrogen) atoms. The van der Waals surface area contributed by atoms with E-state index in [0.29, 0.717) is 42.4 Å². The van der Waals surface area contributed by atoms with Crippen LogP contribution in [0.1, 0.15) is 22.7 Å². The third kappa shape index (κ3) is 4.79. The van der Waals surface area contributed by atoms with Crippen LogP contribution in [0, 0.1) is 0 Å². The maximum atomic E-state index is 13.8. The highest BCUT2D eigenvalue weighted by Crippen LogP contribution is 2.40. The summed E-state index contributed by atoms with van der Waals surface area (Å²) in [5, 5.41) is 5.26. The summed E-state index contributed by atoms with van der Waals surface area (Å²) < 4.78 is 22.2. The number of hydrogen-bond donors (Lipinski definition) is 1. The topological polar surface area (TPSA) is 69.3 Å². The van der Waals surface area contributed by atoms with Gasteiger partial charge in [0.05, 0.1) is 40.2 Å². The van der Waals surface area contributed by atoms with Crippen LogP contribution in [0.2, 0.25) is 0 Å². The normalized spacial score (nSPS) is 14.5. The Morgan fingerprint density at radius 3 is 2.26 bits per heavy atom. The van der Waals surface area contributed by atoms with Crippen LogP contribution in [-0.4, -0.2) is 45.9 Å². The second-order valence-electron chi connectivity index (χ2n) is 9.22. The minimum Gasteiger partial charge on any atom is -0.493 e. The summed E-state index contributed by atoms with van der Waals surface area (Å²) in [6.45, 7) is 0.567. The highest BCUT2D eigenvalue weighted by atomic mass is 16.5. The van der Waals surface area contributed by atoms with Gasteiger partial charge in [-0.25, -0.2) is 4.79 Å². The van der Waals surface area contributed by atoms with Gasteiger partial charge in [0, 0.05) is 11.9 Å². The summed E-state index contributed by atoms with van der Waals surface area (Å²) in [5.41, 5.74) is 3.99. The van der Waals surface area contributed by atoms with E-state index < -0.39 is 0 Å². The van der Waals surface area contributed by atoms with Crippen LogP contribution in [0.5, 0.6) is 23.0 Å². The van der Waals surface area contributed by atoms with E-state index in [1.54, 1.807) is 28.4 Å². The molecule has 4 aromatic carbocycles. The average molecular weight is 513 g/mol. The Hall–Kier alpha value is -4.39. The molecule has 4 aromatic rings. The first kappa shape index (κ1) is 25.3. The molecule has 0 spiro atoms. The zero-order valence-corrected chi connectivity index (χ0v) is 22.1. The van der Waals surface area contributed by atoms with Gasteiger partial charge in [0.25, 0.3) is 0 Å². The summed E-state index contributed by atoms with van der Waals surface area (Å²) in [6.07, 6.45) is 1.30. The molecule has 0 aromatic heterocycles. The number of hydrogen-bond acceptors (Lipinski definition) is 5. The molecule has 0 bridgehead atoms. The number of carbonyl (C=O) groups is 1. The number of fused-ring (bicyclic) bond motifs is 2. The predicted octanol–water partition coefficient (Wildman–Crippen LogP) is 6.25. The Labute approximate surface area is 222 Å². The average Bonchev–Trinajstić information content (AvgIpc) is 2.96. The molecule has 1 aliphatic rings. The number of carbonyl (C=O) groups excluding carboxylic acids is 1. The van der Waals surface area contributed by atoms with Gasteiger partial charge in [0.2, 0.25) is 0 Å². The van der Waals surface area contributed by atoms with Gasteiger partial charge in [-0.3, -0.25) is 0 Å². The first-order valence-corrected chi connectivity index (χ1v) is 12.6. The minimum absolute atomic E-state index is 0.146. The lowest BCUT2D eigenvalue weighted by atomic mass is 9.88. The summed E-state index contributed by atoms with van der Waals surface area (Å²) >= 11 is 0. The standard InChI is InChI=1S/C31H32N2O5/c1-35-27-13-12-20(17-28(27)36-2)16-26-24-19-30(38-4)29(37-3)18-22(24)14-15-33(26)31(34)32-25-11-7-9-21-8-5-6-10-23(21)25/h5-13,17-19,26H,14-16H2,1-4H3,(H,32,34)/t26-/m1/s1. The molecule has 2 amide bonds. The Kier molecular flexibility index (Phi) is 7.26. The van der Waals surface area contributed by atoms with Gasteiger partial charge >= 0.3 is 6.03 Å². The monoisotopic (exact) mass is 512 g/mol. The van der Waals surface area contributed by atoms with Crippen molar-refractivity contribution in [2.24, 2.45) is 0 Å². The zero-order chi connectivity index (χ0) is 26.6. The van der Waals surface area contributed by atoms with Gasteiger partial charge in [-0.15, -0.1) is 0 Å². The molecule has 1 atom stereocenters. The summed E-state index contributed by atoms with van der Waals surface area (Å²) in [6, 6.07) is 23.5. The van der Waals surface area contributed by atoms with Crippen molar-refractivity contribution < 1.29 is 23.7 Å². The fourth-order valence-electron chi connectivity index (χ4n) is 5.24. The molecule has 5 rings (SSSR count). The molecule has 196 valence electrons. The molecule has 0 aliphatic carbocycles. The number of ether oxygens (including phenoxy) is 4. The van der Waals surface area contributed by atoms with Crippen molar-refractivity contribution in [3.63, 3.8) is 0 Å². The van der Waals surface area contributed by atoms with E-state index in [1.807, 2.05) is 77.7 Å². The Bertz CT molecular complexity index is 1460.